The summed E-state index contributed by atoms with van der Waals surface area (Å²) in [6.45, 7) is 4.34. The van der Waals surface area contributed by atoms with Crippen molar-refractivity contribution in [1.29, 1.82) is 0 Å². The zero-order valence-electron chi connectivity index (χ0n) is 13.9. The van der Waals surface area contributed by atoms with Crippen LogP contribution < -0.4 is 10.6 Å². The normalized spacial score (nSPS) is 19.5. The predicted octanol–water partition coefficient (Wildman–Crippen LogP) is 1.56. The summed E-state index contributed by atoms with van der Waals surface area (Å²) in [4.78, 5) is 4.43. The number of ether oxygens (including phenoxy) is 1. The van der Waals surface area contributed by atoms with Crippen LogP contribution in [-0.2, 0) is 21.2 Å². The predicted molar refractivity (Wildman–Crippen MR) is 108 cm³/mol. The van der Waals surface area contributed by atoms with E-state index < -0.39 is 9.84 Å². The third kappa shape index (κ3) is 7.80. The second-order valence-corrected chi connectivity index (χ2v) is 7.77. The summed E-state index contributed by atoms with van der Waals surface area (Å²) in [5, 5.41) is 6.32. The summed E-state index contributed by atoms with van der Waals surface area (Å²) < 4.78 is 28.6. The van der Waals surface area contributed by atoms with Gasteiger partial charge in [-0.15, -0.1) is 24.0 Å². The molecule has 0 saturated carbocycles. The van der Waals surface area contributed by atoms with Crippen molar-refractivity contribution in [2.75, 3.05) is 31.2 Å². The molecule has 1 heterocycles. The summed E-state index contributed by atoms with van der Waals surface area (Å²) in [7, 11) is -2.89. The molecule has 1 aromatic carbocycles. The van der Waals surface area contributed by atoms with E-state index in [1.165, 1.54) is 0 Å². The Kier molecular flexibility index (Phi) is 9.60. The Morgan fingerprint density at radius 2 is 2.08 bits per heavy atom. The minimum absolute atomic E-state index is 0. The van der Waals surface area contributed by atoms with Gasteiger partial charge in [0.1, 0.15) is 0 Å². The summed E-state index contributed by atoms with van der Waals surface area (Å²) in [5.74, 6) is 1.09. The van der Waals surface area contributed by atoms with Crippen LogP contribution in [0.15, 0.2) is 35.3 Å². The van der Waals surface area contributed by atoms with Crippen LogP contribution in [0.25, 0.3) is 0 Å². The number of halogens is 1. The van der Waals surface area contributed by atoms with Crippen LogP contribution in [-0.4, -0.2) is 51.6 Å². The summed E-state index contributed by atoms with van der Waals surface area (Å²) >= 11 is 0. The minimum Gasteiger partial charge on any atom is -0.375 e. The van der Waals surface area contributed by atoms with Crippen molar-refractivity contribution < 1.29 is 13.2 Å². The maximum Gasteiger partial charge on any atom is 0.191 e. The first-order valence-corrected chi connectivity index (χ1v) is 9.78. The zero-order chi connectivity index (χ0) is 16.5. The van der Waals surface area contributed by atoms with E-state index in [2.05, 4.69) is 15.6 Å². The standard InChI is InChI=1S/C16H25N3O3S.HI/c1-2-17-16(19-15-8-11-23(20,21)13-15)18-9-10-22-12-14-6-4-3-5-7-14;/h3-7,15H,2,8-13H2,1H3,(H2,17,18,19);1H. The Bertz CT molecular complexity index is 608. The average Bonchev–Trinajstić information content (AvgIpc) is 2.87. The highest BCUT2D eigenvalue weighted by Crippen LogP contribution is 2.10. The molecule has 1 aromatic rings. The van der Waals surface area contributed by atoms with E-state index in [0.717, 1.165) is 12.1 Å². The minimum atomic E-state index is -2.89. The molecule has 1 atom stereocenters. The first-order chi connectivity index (χ1) is 11.1. The number of sulfone groups is 1. The van der Waals surface area contributed by atoms with Gasteiger partial charge in [0, 0.05) is 12.6 Å². The van der Waals surface area contributed by atoms with Gasteiger partial charge in [0.2, 0.25) is 0 Å². The number of hydrogen-bond acceptors (Lipinski definition) is 4. The fraction of sp³-hybridized carbons (Fsp3) is 0.562. The molecule has 0 aromatic heterocycles. The topological polar surface area (TPSA) is 79.8 Å². The van der Waals surface area contributed by atoms with Gasteiger partial charge in [-0.05, 0) is 18.9 Å². The highest BCUT2D eigenvalue weighted by Gasteiger charge is 2.28. The molecule has 2 N–H and O–H groups in total. The van der Waals surface area contributed by atoms with Crippen LogP contribution in [0.4, 0.5) is 0 Å². The number of guanidine groups is 1. The summed E-state index contributed by atoms with van der Waals surface area (Å²) in [6, 6.07) is 9.94. The van der Waals surface area contributed by atoms with E-state index in [0.29, 0.717) is 32.1 Å². The summed E-state index contributed by atoms with van der Waals surface area (Å²) in [5.41, 5.74) is 1.14. The molecule has 8 heteroatoms. The Morgan fingerprint density at radius 3 is 2.71 bits per heavy atom. The van der Waals surface area contributed by atoms with E-state index in [1.807, 2.05) is 37.3 Å². The molecule has 1 aliphatic rings. The van der Waals surface area contributed by atoms with Gasteiger partial charge in [-0.25, -0.2) is 8.42 Å². The highest BCUT2D eigenvalue weighted by atomic mass is 127. The lowest BCUT2D eigenvalue weighted by atomic mass is 10.2. The van der Waals surface area contributed by atoms with Crippen LogP contribution in [0, 0.1) is 0 Å². The average molecular weight is 467 g/mol. The van der Waals surface area contributed by atoms with Crippen LogP contribution >= 0.6 is 24.0 Å². The van der Waals surface area contributed by atoms with E-state index >= 15 is 0 Å². The van der Waals surface area contributed by atoms with Crippen molar-refractivity contribution in [3.05, 3.63) is 35.9 Å². The van der Waals surface area contributed by atoms with Crippen LogP contribution in [0.2, 0.25) is 0 Å². The van der Waals surface area contributed by atoms with E-state index in [-0.39, 0.29) is 41.5 Å². The Balaban J connectivity index is 0.00000288. The SMILES string of the molecule is CCNC(=NCCOCc1ccccc1)NC1CCS(=O)(=O)C1.I. The molecule has 1 saturated heterocycles. The summed E-state index contributed by atoms with van der Waals surface area (Å²) in [6.07, 6.45) is 0.636. The molecule has 0 amide bonds. The van der Waals surface area contributed by atoms with Gasteiger partial charge in [0.25, 0.3) is 0 Å². The zero-order valence-corrected chi connectivity index (χ0v) is 17.0. The lowest BCUT2D eigenvalue weighted by molar-refractivity contribution is 0.128. The Hall–Kier alpha value is -0.870. The molecule has 2 rings (SSSR count). The lowest BCUT2D eigenvalue weighted by Crippen LogP contribution is -2.44. The molecule has 0 spiro atoms. The number of rotatable bonds is 7. The maximum absolute atomic E-state index is 11.5. The van der Waals surface area contributed by atoms with Crippen LogP contribution in [0.3, 0.4) is 0 Å². The van der Waals surface area contributed by atoms with Gasteiger partial charge in [-0.3, -0.25) is 4.99 Å². The lowest BCUT2D eigenvalue weighted by Gasteiger charge is -2.15. The van der Waals surface area contributed by atoms with Gasteiger partial charge in [0.05, 0.1) is 31.3 Å². The largest absolute Gasteiger partial charge is 0.375 e. The number of benzene rings is 1. The first-order valence-electron chi connectivity index (χ1n) is 7.96. The third-order valence-electron chi connectivity index (χ3n) is 3.53. The van der Waals surface area contributed by atoms with Crippen LogP contribution in [0.1, 0.15) is 18.9 Å². The molecule has 1 aliphatic heterocycles. The number of aliphatic imine (C=N–C) groups is 1. The van der Waals surface area contributed by atoms with Gasteiger partial charge in [-0.2, -0.15) is 0 Å². The van der Waals surface area contributed by atoms with Crippen molar-refractivity contribution in [1.82, 2.24) is 10.6 Å². The van der Waals surface area contributed by atoms with Crippen molar-refractivity contribution in [3.63, 3.8) is 0 Å². The van der Waals surface area contributed by atoms with Crippen molar-refractivity contribution in [2.45, 2.75) is 26.0 Å². The number of nitrogens with one attached hydrogen (secondary N) is 2. The molecule has 136 valence electrons. The van der Waals surface area contributed by atoms with E-state index in [4.69, 9.17) is 4.74 Å². The van der Waals surface area contributed by atoms with Crippen molar-refractivity contribution >= 4 is 39.8 Å². The molecule has 0 radical (unpaired) electrons. The fourth-order valence-electron chi connectivity index (χ4n) is 2.41. The highest BCUT2D eigenvalue weighted by molar-refractivity contribution is 14.0. The molecule has 6 nitrogen and oxygen atoms in total. The van der Waals surface area contributed by atoms with Gasteiger partial charge < -0.3 is 15.4 Å². The van der Waals surface area contributed by atoms with Crippen LogP contribution in [0.5, 0.6) is 0 Å². The van der Waals surface area contributed by atoms with E-state index in [1.54, 1.807) is 0 Å². The Labute approximate surface area is 161 Å². The molecule has 0 bridgehead atoms. The quantitative estimate of drug-likeness (QED) is 0.276. The third-order valence-corrected chi connectivity index (χ3v) is 5.30. The number of nitrogens with zero attached hydrogens (tertiary/aromatic N) is 1. The monoisotopic (exact) mass is 467 g/mol. The van der Waals surface area contributed by atoms with Gasteiger partial charge >= 0.3 is 0 Å². The Morgan fingerprint density at radius 1 is 1.33 bits per heavy atom. The maximum atomic E-state index is 11.5. The number of hydrogen-bond donors (Lipinski definition) is 2. The molecular weight excluding hydrogens is 441 g/mol. The molecule has 0 aliphatic carbocycles. The van der Waals surface area contributed by atoms with Crippen molar-refractivity contribution in [2.24, 2.45) is 4.99 Å². The van der Waals surface area contributed by atoms with E-state index in [9.17, 15) is 8.42 Å². The van der Waals surface area contributed by atoms with Crippen molar-refractivity contribution in [3.8, 4) is 0 Å². The fourth-order valence-corrected chi connectivity index (χ4v) is 4.08. The molecule has 1 unspecified atom stereocenters. The molecular formula is C16H26IN3O3S. The second-order valence-electron chi connectivity index (χ2n) is 5.54. The first kappa shape index (κ1) is 21.2. The van der Waals surface area contributed by atoms with Gasteiger partial charge in [-0.1, -0.05) is 30.3 Å². The second kappa shape index (κ2) is 10.9. The molecule has 1 fully saturated rings. The van der Waals surface area contributed by atoms with Gasteiger partial charge in [0.15, 0.2) is 15.8 Å². The molecule has 24 heavy (non-hydrogen) atoms. The smallest absolute Gasteiger partial charge is 0.191 e.